The van der Waals surface area contributed by atoms with Crippen LogP contribution in [0.25, 0.3) is 0 Å². The lowest BCUT2D eigenvalue weighted by Crippen LogP contribution is -2.42. The Kier molecular flexibility index (Phi) is 5.36. The summed E-state index contributed by atoms with van der Waals surface area (Å²) in [6, 6.07) is 0. The van der Waals surface area contributed by atoms with Gasteiger partial charge in [0, 0.05) is 39.6 Å². The van der Waals surface area contributed by atoms with E-state index in [9.17, 15) is 4.79 Å². The summed E-state index contributed by atoms with van der Waals surface area (Å²) < 4.78 is 5.26. The molecule has 1 aliphatic heterocycles. The van der Waals surface area contributed by atoms with Gasteiger partial charge in [0.15, 0.2) is 0 Å². The minimum atomic E-state index is 0.114. The van der Waals surface area contributed by atoms with E-state index in [2.05, 4.69) is 11.5 Å². The van der Waals surface area contributed by atoms with Gasteiger partial charge in [0.05, 0.1) is 13.2 Å². The van der Waals surface area contributed by atoms with Gasteiger partial charge in [-0.3, -0.25) is 9.69 Å². The van der Waals surface area contributed by atoms with Gasteiger partial charge in [0.1, 0.15) is 0 Å². The topological polar surface area (TPSA) is 32.8 Å². The first-order valence-electron chi connectivity index (χ1n) is 5.40. The van der Waals surface area contributed by atoms with Crippen molar-refractivity contribution in [1.82, 2.24) is 9.80 Å². The predicted molar refractivity (Wildman–Crippen MR) is 59.7 cm³/mol. The van der Waals surface area contributed by atoms with Crippen LogP contribution in [-0.2, 0) is 9.53 Å². The number of carbonyl (C=O) groups is 1. The lowest BCUT2D eigenvalue weighted by molar-refractivity contribution is -0.128. The van der Waals surface area contributed by atoms with Crippen molar-refractivity contribution in [2.45, 2.75) is 6.92 Å². The fourth-order valence-electron chi connectivity index (χ4n) is 1.62. The molecule has 0 spiro atoms. The molecular weight excluding hydrogens is 192 g/mol. The molecule has 0 aromatic carbocycles. The third kappa shape index (κ3) is 4.44. The van der Waals surface area contributed by atoms with E-state index in [4.69, 9.17) is 4.74 Å². The lowest BCUT2D eigenvalue weighted by atomic mass is 10.3. The maximum atomic E-state index is 11.2. The maximum absolute atomic E-state index is 11.2. The molecule has 0 bridgehead atoms. The summed E-state index contributed by atoms with van der Waals surface area (Å²) in [6.07, 6.45) is 1.76. The number of ether oxygens (including phenoxy) is 1. The molecule has 0 radical (unpaired) electrons. The predicted octanol–water partition coefficient (Wildman–Crippen LogP) is 0.353. The molecule has 1 aliphatic rings. The summed E-state index contributed by atoms with van der Waals surface area (Å²) in [4.78, 5) is 15.4. The van der Waals surface area contributed by atoms with Crippen molar-refractivity contribution in [3.63, 3.8) is 0 Å². The average Bonchev–Trinajstić information content (AvgIpc) is 2.25. The largest absolute Gasteiger partial charge is 0.379 e. The molecule has 1 fully saturated rings. The van der Waals surface area contributed by atoms with E-state index in [0.717, 1.165) is 39.4 Å². The fraction of sp³-hybridized carbons (Fsp3) is 0.727. The molecule has 4 nitrogen and oxygen atoms in total. The van der Waals surface area contributed by atoms with E-state index < -0.39 is 0 Å². The van der Waals surface area contributed by atoms with Crippen molar-refractivity contribution in [3.05, 3.63) is 12.7 Å². The first-order chi connectivity index (χ1) is 7.24. The Bertz CT molecular complexity index is 213. The zero-order valence-corrected chi connectivity index (χ0v) is 9.45. The second-order valence-corrected chi connectivity index (χ2v) is 3.71. The molecule has 1 amide bonds. The van der Waals surface area contributed by atoms with Gasteiger partial charge >= 0.3 is 0 Å². The van der Waals surface area contributed by atoms with Gasteiger partial charge in [0.2, 0.25) is 5.91 Å². The Morgan fingerprint density at radius 2 is 2.20 bits per heavy atom. The second kappa shape index (κ2) is 6.58. The van der Waals surface area contributed by atoms with Crippen LogP contribution in [0, 0.1) is 0 Å². The number of morpholine rings is 1. The van der Waals surface area contributed by atoms with Crippen molar-refractivity contribution in [2.75, 3.05) is 45.9 Å². The molecule has 0 unspecified atom stereocenters. The first kappa shape index (κ1) is 12.2. The fourth-order valence-corrected chi connectivity index (χ4v) is 1.62. The third-order valence-corrected chi connectivity index (χ3v) is 2.58. The molecule has 0 saturated carbocycles. The van der Waals surface area contributed by atoms with E-state index in [0.29, 0.717) is 6.54 Å². The number of nitrogens with zero attached hydrogens (tertiary/aromatic N) is 2. The van der Waals surface area contributed by atoms with Gasteiger partial charge in [-0.1, -0.05) is 6.08 Å². The van der Waals surface area contributed by atoms with Crippen LogP contribution in [0.2, 0.25) is 0 Å². The van der Waals surface area contributed by atoms with E-state index in [1.165, 1.54) is 0 Å². The minimum Gasteiger partial charge on any atom is -0.379 e. The minimum absolute atomic E-state index is 0.114. The Morgan fingerprint density at radius 1 is 1.53 bits per heavy atom. The maximum Gasteiger partial charge on any atom is 0.219 e. The number of carbonyl (C=O) groups excluding carboxylic acids is 1. The monoisotopic (exact) mass is 212 g/mol. The molecule has 1 rings (SSSR count). The Morgan fingerprint density at radius 3 is 2.73 bits per heavy atom. The smallest absolute Gasteiger partial charge is 0.219 e. The molecule has 1 saturated heterocycles. The van der Waals surface area contributed by atoms with Gasteiger partial charge in [-0.25, -0.2) is 0 Å². The highest BCUT2D eigenvalue weighted by atomic mass is 16.5. The molecule has 1 heterocycles. The zero-order chi connectivity index (χ0) is 11.1. The Balaban J connectivity index is 2.25. The number of amides is 1. The van der Waals surface area contributed by atoms with Crippen LogP contribution < -0.4 is 0 Å². The van der Waals surface area contributed by atoms with Crippen molar-refractivity contribution >= 4 is 5.91 Å². The highest BCUT2D eigenvalue weighted by molar-refractivity contribution is 5.73. The standard InChI is InChI=1S/C11H20N2O2/c1-3-4-13(11(2)14)6-5-12-7-9-15-10-8-12/h3H,1,4-10H2,2H3. The molecular formula is C11H20N2O2. The molecule has 0 aromatic rings. The average molecular weight is 212 g/mol. The van der Waals surface area contributed by atoms with Crippen molar-refractivity contribution in [2.24, 2.45) is 0 Å². The van der Waals surface area contributed by atoms with Crippen LogP contribution in [0.3, 0.4) is 0 Å². The van der Waals surface area contributed by atoms with Crippen molar-refractivity contribution in [3.8, 4) is 0 Å². The van der Waals surface area contributed by atoms with E-state index in [1.54, 1.807) is 13.0 Å². The van der Waals surface area contributed by atoms with Crippen LogP contribution in [0.15, 0.2) is 12.7 Å². The summed E-state index contributed by atoms with van der Waals surface area (Å²) in [5, 5.41) is 0. The summed E-state index contributed by atoms with van der Waals surface area (Å²) in [6.45, 7) is 11.2. The molecule has 0 N–H and O–H groups in total. The van der Waals surface area contributed by atoms with E-state index in [-0.39, 0.29) is 5.91 Å². The number of rotatable bonds is 5. The molecule has 4 heteroatoms. The summed E-state index contributed by atoms with van der Waals surface area (Å²) in [5.41, 5.74) is 0. The van der Waals surface area contributed by atoms with Crippen molar-refractivity contribution < 1.29 is 9.53 Å². The Hall–Kier alpha value is -0.870. The zero-order valence-electron chi connectivity index (χ0n) is 9.45. The molecule has 0 aliphatic carbocycles. The quantitative estimate of drug-likeness (QED) is 0.617. The second-order valence-electron chi connectivity index (χ2n) is 3.71. The van der Waals surface area contributed by atoms with Gasteiger partial charge in [-0.2, -0.15) is 0 Å². The third-order valence-electron chi connectivity index (χ3n) is 2.58. The van der Waals surface area contributed by atoms with E-state index >= 15 is 0 Å². The lowest BCUT2D eigenvalue weighted by Gasteiger charge is -2.29. The molecule has 86 valence electrons. The van der Waals surface area contributed by atoms with E-state index in [1.807, 2.05) is 4.90 Å². The molecule has 0 aromatic heterocycles. The molecule has 15 heavy (non-hydrogen) atoms. The van der Waals surface area contributed by atoms with Crippen LogP contribution in [0.4, 0.5) is 0 Å². The summed E-state index contributed by atoms with van der Waals surface area (Å²) in [7, 11) is 0. The van der Waals surface area contributed by atoms with Crippen LogP contribution in [0.5, 0.6) is 0 Å². The van der Waals surface area contributed by atoms with Crippen LogP contribution in [-0.4, -0.2) is 61.6 Å². The highest BCUT2D eigenvalue weighted by Crippen LogP contribution is 1.98. The van der Waals surface area contributed by atoms with Gasteiger partial charge in [0.25, 0.3) is 0 Å². The highest BCUT2D eigenvalue weighted by Gasteiger charge is 2.12. The van der Waals surface area contributed by atoms with Crippen molar-refractivity contribution in [1.29, 1.82) is 0 Å². The van der Waals surface area contributed by atoms with Gasteiger partial charge in [-0.15, -0.1) is 6.58 Å². The summed E-state index contributed by atoms with van der Waals surface area (Å²) in [5.74, 6) is 0.114. The summed E-state index contributed by atoms with van der Waals surface area (Å²) >= 11 is 0. The Labute approximate surface area is 91.5 Å². The van der Waals surface area contributed by atoms with Crippen LogP contribution >= 0.6 is 0 Å². The first-order valence-corrected chi connectivity index (χ1v) is 5.40. The SMILES string of the molecule is C=CCN(CCN1CCOCC1)C(C)=O. The van der Waals surface area contributed by atoms with Gasteiger partial charge in [-0.05, 0) is 0 Å². The number of hydrogen-bond acceptors (Lipinski definition) is 3. The molecule has 0 atom stereocenters. The normalized spacial score (nSPS) is 17.4. The van der Waals surface area contributed by atoms with Gasteiger partial charge < -0.3 is 9.64 Å². The van der Waals surface area contributed by atoms with Crippen LogP contribution in [0.1, 0.15) is 6.92 Å². The number of hydrogen-bond donors (Lipinski definition) is 0.